The Morgan fingerprint density at radius 2 is 2.06 bits per heavy atom. The molecule has 0 aromatic heterocycles. The maximum absolute atomic E-state index is 5.53. The molecule has 1 unspecified atom stereocenters. The first-order valence-corrected chi connectivity index (χ1v) is 6.65. The summed E-state index contributed by atoms with van der Waals surface area (Å²) in [5.74, 6) is 1.61. The summed E-state index contributed by atoms with van der Waals surface area (Å²) in [6, 6.07) is 6.80. The molecule has 0 bridgehead atoms. The second kappa shape index (κ2) is 6.21. The molecule has 1 fully saturated rings. The van der Waals surface area contributed by atoms with Crippen molar-refractivity contribution in [2.24, 2.45) is 5.92 Å². The minimum Gasteiger partial charge on any atom is -0.496 e. The van der Waals surface area contributed by atoms with Crippen LogP contribution in [0.15, 0.2) is 18.2 Å². The summed E-state index contributed by atoms with van der Waals surface area (Å²) in [6.07, 6.45) is 2.23. The fourth-order valence-corrected chi connectivity index (χ4v) is 2.77. The summed E-state index contributed by atoms with van der Waals surface area (Å²) < 4.78 is 11.0. The summed E-state index contributed by atoms with van der Waals surface area (Å²) in [4.78, 5) is 0. The molecule has 1 aliphatic rings. The van der Waals surface area contributed by atoms with Gasteiger partial charge in [-0.05, 0) is 44.4 Å². The highest BCUT2D eigenvalue weighted by atomic mass is 16.5. The van der Waals surface area contributed by atoms with Crippen molar-refractivity contribution in [1.82, 2.24) is 5.32 Å². The fourth-order valence-electron chi connectivity index (χ4n) is 2.77. The van der Waals surface area contributed by atoms with E-state index in [-0.39, 0.29) is 0 Å². The molecular weight excluding hydrogens is 226 g/mol. The summed E-state index contributed by atoms with van der Waals surface area (Å²) in [7, 11) is 3.77. The molecule has 3 nitrogen and oxygen atoms in total. The van der Waals surface area contributed by atoms with Gasteiger partial charge in [-0.2, -0.15) is 0 Å². The van der Waals surface area contributed by atoms with E-state index in [1.54, 1.807) is 7.11 Å². The lowest BCUT2D eigenvalue weighted by Crippen LogP contribution is -2.30. The number of aryl methyl sites for hydroxylation is 1. The van der Waals surface area contributed by atoms with Crippen LogP contribution in [0.3, 0.4) is 0 Å². The van der Waals surface area contributed by atoms with Crippen LogP contribution in [0.1, 0.15) is 30.0 Å². The van der Waals surface area contributed by atoms with Crippen molar-refractivity contribution in [2.45, 2.75) is 25.8 Å². The van der Waals surface area contributed by atoms with E-state index in [4.69, 9.17) is 9.47 Å². The van der Waals surface area contributed by atoms with E-state index in [0.29, 0.717) is 12.0 Å². The van der Waals surface area contributed by atoms with Crippen molar-refractivity contribution in [2.75, 3.05) is 27.4 Å². The van der Waals surface area contributed by atoms with E-state index in [2.05, 4.69) is 30.4 Å². The molecule has 100 valence electrons. The molecule has 0 saturated carbocycles. The molecule has 0 radical (unpaired) electrons. The minimum absolute atomic E-state index is 0.351. The second-order valence-electron chi connectivity index (χ2n) is 4.96. The van der Waals surface area contributed by atoms with Gasteiger partial charge in [-0.15, -0.1) is 0 Å². The third-order valence-electron chi connectivity index (χ3n) is 3.77. The van der Waals surface area contributed by atoms with Gasteiger partial charge in [-0.25, -0.2) is 0 Å². The molecule has 0 aliphatic carbocycles. The summed E-state index contributed by atoms with van der Waals surface area (Å²) >= 11 is 0. The molecule has 1 heterocycles. The Bertz CT molecular complexity index is 386. The van der Waals surface area contributed by atoms with Crippen LogP contribution in [-0.2, 0) is 4.74 Å². The maximum atomic E-state index is 5.53. The average Bonchev–Trinajstić information content (AvgIpc) is 2.42. The molecule has 1 aliphatic heterocycles. The lowest BCUT2D eigenvalue weighted by molar-refractivity contribution is 0.0543. The first kappa shape index (κ1) is 13.4. The Morgan fingerprint density at radius 1 is 1.33 bits per heavy atom. The van der Waals surface area contributed by atoms with Crippen molar-refractivity contribution in [3.05, 3.63) is 29.3 Å². The minimum atomic E-state index is 0.351. The molecule has 1 N–H and O–H groups in total. The van der Waals surface area contributed by atoms with E-state index in [1.807, 2.05) is 7.05 Å². The molecule has 1 aromatic carbocycles. The van der Waals surface area contributed by atoms with E-state index in [1.165, 1.54) is 11.1 Å². The first-order valence-electron chi connectivity index (χ1n) is 6.65. The Morgan fingerprint density at radius 3 is 2.67 bits per heavy atom. The van der Waals surface area contributed by atoms with E-state index in [9.17, 15) is 0 Å². The topological polar surface area (TPSA) is 30.5 Å². The predicted molar refractivity (Wildman–Crippen MR) is 73.1 cm³/mol. The van der Waals surface area contributed by atoms with Crippen molar-refractivity contribution >= 4 is 0 Å². The molecule has 1 aromatic rings. The number of methoxy groups -OCH3 is 1. The number of benzene rings is 1. The van der Waals surface area contributed by atoms with Crippen LogP contribution in [0.25, 0.3) is 0 Å². The highest BCUT2D eigenvalue weighted by molar-refractivity contribution is 5.39. The van der Waals surface area contributed by atoms with Crippen molar-refractivity contribution < 1.29 is 9.47 Å². The van der Waals surface area contributed by atoms with Gasteiger partial charge >= 0.3 is 0 Å². The molecule has 1 atom stereocenters. The highest BCUT2D eigenvalue weighted by Gasteiger charge is 2.26. The van der Waals surface area contributed by atoms with E-state index >= 15 is 0 Å². The summed E-state index contributed by atoms with van der Waals surface area (Å²) in [5.41, 5.74) is 2.50. The average molecular weight is 249 g/mol. The zero-order valence-corrected chi connectivity index (χ0v) is 11.5. The van der Waals surface area contributed by atoms with Gasteiger partial charge < -0.3 is 14.8 Å². The SMILES string of the molecule is CNC(c1ccc(C)cc1OC)C1CCOCC1. The monoisotopic (exact) mass is 249 g/mol. The Kier molecular flexibility index (Phi) is 4.61. The van der Waals surface area contributed by atoms with Crippen molar-refractivity contribution in [3.63, 3.8) is 0 Å². The highest BCUT2D eigenvalue weighted by Crippen LogP contribution is 2.35. The van der Waals surface area contributed by atoms with Crippen LogP contribution in [-0.4, -0.2) is 27.4 Å². The zero-order chi connectivity index (χ0) is 13.0. The zero-order valence-electron chi connectivity index (χ0n) is 11.5. The van der Waals surface area contributed by atoms with Gasteiger partial charge in [-0.1, -0.05) is 12.1 Å². The standard InChI is InChI=1S/C15H23NO2/c1-11-4-5-13(14(10-11)17-3)15(16-2)12-6-8-18-9-7-12/h4-5,10,12,15-16H,6-9H2,1-3H3. The summed E-state index contributed by atoms with van der Waals surface area (Å²) in [5, 5.41) is 3.45. The molecule has 0 amide bonds. The molecule has 0 spiro atoms. The van der Waals surface area contributed by atoms with Crippen LogP contribution in [0.4, 0.5) is 0 Å². The van der Waals surface area contributed by atoms with Crippen LogP contribution in [0.2, 0.25) is 0 Å². The molecule has 18 heavy (non-hydrogen) atoms. The first-order chi connectivity index (χ1) is 8.76. The maximum Gasteiger partial charge on any atom is 0.123 e. The molecule has 1 saturated heterocycles. The number of nitrogens with one attached hydrogen (secondary N) is 1. The van der Waals surface area contributed by atoms with Crippen LogP contribution in [0, 0.1) is 12.8 Å². The smallest absolute Gasteiger partial charge is 0.123 e. The van der Waals surface area contributed by atoms with Gasteiger partial charge in [0.25, 0.3) is 0 Å². The van der Waals surface area contributed by atoms with Gasteiger partial charge in [0, 0.05) is 24.8 Å². The number of hydrogen-bond donors (Lipinski definition) is 1. The summed E-state index contributed by atoms with van der Waals surface area (Å²) in [6.45, 7) is 3.84. The fraction of sp³-hybridized carbons (Fsp3) is 0.600. The second-order valence-corrected chi connectivity index (χ2v) is 4.96. The number of ether oxygens (including phenoxy) is 2. The Labute approximate surface area is 109 Å². The van der Waals surface area contributed by atoms with Gasteiger partial charge in [-0.3, -0.25) is 0 Å². The molecule has 2 rings (SSSR count). The van der Waals surface area contributed by atoms with Gasteiger partial charge in [0.2, 0.25) is 0 Å². The Balaban J connectivity index is 2.25. The molecule has 3 heteroatoms. The van der Waals surface area contributed by atoms with Crippen molar-refractivity contribution in [3.8, 4) is 5.75 Å². The Hall–Kier alpha value is -1.06. The number of hydrogen-bond acceptors (Lipinski definition) is 3. The molecular formula is C15H23NO2. The van der Waals surface area contributed by atoms with E-state index in [0.717, 1.165) is 31.8 Å². The van der Waals surface area contributed by atoms with Crippen molar-refractivity contribution in [1.29, 1.82) is 0 Å². The third kappa shape index (κ3) is 2.85. The van der Waals surface area contributed by atoms with Crippen LogP contribution >= 0.6 is 0 Å². The van der Waals surface area contributed by atoms with Gasteiger partial charge in [0.1, 0.15) is 5.75 Å². The van der Waals surface area contributed by atoms with Gasteiger partial charge in [0.05, 0.1) is 7.11 Å². The van der Waals surface area contributed by atoms with Crippen LogP contribution in [0.5, 0.6) is 5.75 Å². The quantitative estimate of drug-likeness (QED) is 0.890. The van der Waals surface area contributed by atoms with E-state index < -0.39 is 0 Å². The van der Waals surface area contributed by atoms with Gasteiger partial charge in [0.15, 0.2) is 0 Å². The number of rotatable bonds is 4. The lowest BCUT2D eigenvalue weighted by Gasteiger charge is -2.31. The lowest BCUT2D eigenvalue weighted by atomic mass is 9.86. The predicted octanol–water partition coefficient (Wildman–Crippen LogP) is 2.69. The third-order valence-corrected chi connectivity index (χ3v) is 3.77. The normalized spacial score (nSPS) is 18.6. The van der Waals surface area contributed by atoms with Crippen LogP contribution < -0.4 is 10.1 Å². The largest absolute Gasteiger partial charge is 0.496 e.